The molecule has 0 saturated carbocycles. The van der Waals surface area contributed by atoms with Crippen LogP contribution in [0.2, 0.25) is 0 Å². The first-order valence-corrected chi connectivity index (χ1v) is 8.05. The quantitative estimate of drug-likeness (QED) is 0.840. The van der Waals surface area contributed by atoms with Crippen molar-refractivity contribution in [2.45, 2.75) is 24.3 Å². The summed E-state index contributed by atoms with van der Waals surface area (Å²) in [7, 11) is 0. The minimum absolute atomic E-state index is 0.247. The molecule has 1 aromatic heterocycles. The molecule has 0 spiro atoms. The van der Waals surface area contributed by atoms with Gasteiger partial charge in [-0.05, 0) is 36.4 Å². The summed E-state index contributed by atoms with van der Waals surface area (Å²) < 4.78 is 1.58. The fourth-order valence-corrected chi connectivity index (χ4v) is 3.08. The number of urea groups is 1. The van der Waals surface area contributed by atoms with Crippen molar-refractivity contribution in [3.05, 3.63) is 29.8 Å². The zero-order valence-electron chi connectivity index (χ0n) is 12.8. The Morgan fingerprint density at radius 2 is 2.09 bits per heavy atom. The zero-order valence-corrected chi connectivity index (χ0v) is 13.6. The molecule has 1 atom stereocenters. The van der Waals surface area contributed by atoms with Crippen molar-refractivity contribution in [3.8, 4) is 5.69 Å². The molecule has 8 nitrogen and oxygen atoms in total. The maximum atomic E-state index is 12.3. The van der Waals surface area contributed by atoms with Crippen molar-refractivity contribution in [2.24, 2.45) is 0 Å². The Bertz CT molecular complexity index is 729. The second-order valence-corrected chi connectivity index (χ2v) is 6.50. The molecule has 0 radical (unpaired) electrons. The molecule has 9 heteroatoms. The second kappa shape index (κ2) is 6.37. The Balaban J connectivity index is 1.76. The van der Waals surface area contributed by atoms with E-state index in [2.05, 4.69) is 20.8 Å². The van der Waals surface area contributed by atoms with Crippen LogP contribution in [0.1, 0.15) is 12.5 Å². The van der Waals surface area contributed by atoms with Crippen molar-refractivity contribution in [3.63, 3.8) is 0 Å². The number of carbonyl (C=O) groups excluding carboxylic acids is 2. The molecule has 1 aliphatic rings. The van der Waals surface area contributed by atoms with Gasteiger partial charge in [-0.1, -0.05) is 29.5 Å². The predicted molar refractivity (Wildman–Crippen MR) is 84.3 cm³/mol. The van der Waals surface area contributed by atoms with Crippen molar-refractivity contribution >= 4 is 23.7 Å². The number of hydrogen-bond donors (Lipinski definition) is 1. The van der Waals surface area contributed by atoms with Gasteiger partial charge < -0.3 is 5.32 Å². The molecule has 1 aromatic carbocycles. The summed E-state index contributed by atoms with van der Waals surface area (Å²) in [5.41, 5.74) is 1.96. The van der Waals surface area contributed by atoms with Gasteiger partial charge in [0.2, 0.25) is 11.1 Å². The first-order valence-electron chi connectivity index (χ1n) is 7.17. The van der Waals surface area contributed by atoms with Crippen molar-refractivity contribution in [1.82, 2.24) is 30.4 Å². The molecular formula is C14H16N6O2S. The number of hydrogen-bond acceptors (Lipinski definition) is 6. The van der Waals surface area contributed by atoms with Gasteiger partial charge in [0.1, 0.15) is 0 Å². The van der Waals surface area contributed by atoms with Gasteiger partial charge in [-0.2, -0.15) is 4.68 Å². The van der Waals surface area contributed by atoms with Crippen LogP contribution < -0.4 is 5.32 Å². The highest BCUT2D eigenvalue weighted by molar-refractivity contribution is 8.00. The van der Waals surface area contributed by atoms with E-state index in [9.17, 15) is 9.59 Å². The molecule has 1 fully saturated rings. The second-order valence-electron chi connectivity index (χ2n) is 5.19. The summed E-state index contributed by atoms with van der Waals surface area (Å²) in [6.07, 6.45) is 0. The van der Waals surface area contributed by atoms with Crippen LogP contribution in [-0.2, 0) is 4.79 Å². The summed E-state index contributed by atoms with van der Waals surface area (Å²) in [5.74, 6) is -0.247. The average Bonchev–Trinajstić information content (AvgIpc) is 3.16. The molecule has 2 heterocycles. The van der Waals surface area contributed by atoms with Gasteiger partial charge in [-0.3, -0.25) is 9.69 Å². The van der Waals surface area contributed by atoms with E-state index in [4.69, 9.17) is 0 Å². The number of imide groups is 1. The monoisotopic (exact) mass is 332 g/mol. The van der Waals surface area contributed by atoms with Gasteiger partial charge in [0, 0.05) is 13.1 Å². The third-order valence-electron chi connectivity index (χ3n) is 3.47. The van der Waals surface area contributed by atoms with Crippen LogP contribution >= 0.6 is 11.8 Å². The summed E-state index contributed by atoms with van der Waals surface area (Å²) in [6, 6.07) is 7.41. The zero-order chi connectivity index (χ0) is 16.4. The van der Waals surface area contributed by atoms with Crippen molar-refractivity contribution in [2.75, 3.05) is 13.1 Å². The largest absolute Gasteiger partial charge is 0.336 e. The molecule has 2 aromatic rings. The molecule has 1 unspecified atom stereocenters. The summed E-state index contributed by atoms with van der Waals surface area (Å²) in [4.78, 5) is 25.1. The minimum Gasteiger partial charge on any atom is -0.336 e. The normalized spacial score (nSPS) is 15.6. The number of nitrogens with one attached hydrogen (secondary N) is 1. The van der Waals surface area contributed by atoms with Gasteiger partial charge in [0.15, 0.2) is 0 Å². The Kier molecular flexibility index (Phi) is 4.28. The minimum atomic E-state index is -0.464. The highest BCUT2D eigenvalue weighted by Crippen LogP contribution is 2.24. The van der Waals surface area contributed by atoms with E-state index in [0.717, 1.165) is 11.3 Å². The topological polar surface area (TPSA) is 93.0 Å². The summed E-state index contributed by atoms with van der Waals surface area (Å²) >= 11 is 1.23. The fourth-order valence-electron chi connectivity index (χ4n) is 2.21. The van der Waals surface area contributed by atoms with Crippen LogP contribution in [-0.4, -0.2) is 55.4 Å². The number of carbonyl (C=O) groups is 2. The molecule has 3 rings (SSSR count). The molecule has 1 saturated heterocycles. The molecule has 1 aliphatic heterocycles. The molecule has 1 N–H and O–H groups in total. The van der Waals surface area contributed by atoms with Crippen LogP contribution in [0.15, 0.2) is 29.4 Å². The van der Waals surface area contributed by atoms with Crippen LogP contribution in [0.3, 0.4) is 0 Å². The number of aromatic nitrogens is 4. The van der Waals surface area contributed by atoms with E-state index in [1.165, 1.54) is 16.7 Å². The molecule has 23 heavy (non-hydrogen) atoms. The van der Waals surface area contributed by atoms with Crippen LogP contribution in [0.4, 0.5) is 4.79 Å². The lowest BCUT2D eigenvalue weighted by atomic mass is 10.2. The van der Waals surface area contributed by atoms with Crippen LogP contribution in [0, 0.1) is 6.92 Å². The number of rotatable bonds is 4. The van der Waals surface area contributed by atoms with Gasteiger partial charge in [-0.15, -0.1) is 5.10 Å². The van der Waals surface area contributed by atoms with E-state index < -0.39 is 5.25 Å². The molecule has 0 bridgehead atoms. The van der Waals surface area contributed by atoms with Gasteiger partial charge in [0.25, 0.3) is 0 Å². The lowest BCUT2D eigenvalue weighted by molar-refractivity contribution is -0.126. The van der Waals surface area contributed by atoms with E-state index in [-0.39, 0.29) is 11.9 Å². The number of benzene rings is 1. The summed E-state index contributed by atoms with van der Waals surface area (Å²) in [6.45, 7) is 4.63. The Labute approximate surface area is 137 Å². The fraction of sp³-hybridized carbons (Fsp3) is 0.357. The Morgan fingerprint density at radius 3 is 2.74 bits per heavy atom. The molecule has 120 valence electrons. The summed E-state index contributed by atoms with van der Waals surface area (Å²) in [5, 5.41) is 14.3. The number of nitrogens with zero attached hydrogens (tertiary/aromatic N) is 5. The lowest BCUT2D eigenvalue weighted by Crippen LogP contribution is -2.39. The van der Waals surface area contributed by atoms with Crippen LogP contribution in [0.25, 0.3) is 5.69 Å². The molecular weight excluding hydrogens is 316 g/mol. The first-order chi connectivity index (χ1) is 11.1. The number of aryl methyl sites for hydroxylation is 1. The maximum absolute atomic E-state index is 12.3. The maximum Gasteiger partial charge on any atom is 0.324 e. The van der Waals surface area contributed by atoms with Crippen molar-refractivity contribution < 1.29 is 9.59 Å². The van der Waals surface area contributed by atoms with E-state index >= 15 is 0 Å². The number of thioether (sulfide) groups is 1. The lowest BCUT2D eigenvalue weighted by Gasteiger charge is -2.16. The van der Waals surface area contributed by atoms with Gasteiger partial charge in [-0.25, -0.2) is 4.79 Å². The van der Waals surface area contributed by atoms with Gasteiger partial charge >= 0.3 is 6.03 Å². The highest BCUT2D eigenvalue weighted by atomic mass is 32.2. The van der Waals surface area contributed by atoms with Crippen LogP contribution in [0.5, 0.6) is 0 Å². The molecule has 3 amide bonds. The SMILES string of the molecule is Cc1ccc(-n2nnnc2SC(C)C(=O)N2CCNC2=O)cc1. The molecule has 0 aliphatic carbocycles. The van der Waals surface area contributed by atoms with E-state index in [1.807, 2.05) is 31.2 Å². The third kappa shape index (κ3) is 3.19. The number of amides is 3. The Hall–Kier alpha value is -2.42. The Morgan fingerprint density at radius 1 is 1.35 bits per heavy atom. The first kappa shape index (κ1) is 15.5. The standard InChI is InChI=1S/C14H16N6O2S/c1-9-3-5-11(6-4-9)20-14(16-17-18-20)23-10(2)12(21)19-8-7-15-13(19)22/h3-6,10H,7-8H2,1-2H3,(H,15,22). The highest BCUT2D eigenvalue weighted by Gasteiger charge is 2.31. The predicted octanol–water partition coefficient (Wildman–Crippen LogP) is 1.00. The van der Waals surface area contributed by atoms with Crippen molar-refractivity contribution in [1.29, 1.82) is 0 Å². The van der Waals surface area contributed by atoms with Gasteiger partial charge in [0.05, 0.1) is 10.9 Å². The third-order valence-corrected chi connectivity index (χ3v) is 4.49. The number of tetrazole rings is 1. The van der Waals surface area contributed by atoms with E-state index in [1.54, 1.807) is 11.6 Å². The average molecular weight is 332 g/mol. The van der Waals surface area contributed by atoms with E-state index in [0.29, 0.717) is 18.2 Å². The smallest absolute Gasteiger partial charge is 0.324 e.